The van der Waals surface area contributed by atoms with E-state index in [9.17, 15) is 22.2 Å². The van der Waals surface area contributed by atoms with Gasteiger partial charge in [0, 0.05) is 11.1 Å². The molecular weight excluding hydrogens is 366 g/mol. The summed E-state index contributed by atoms with van der Waals surface area (Å²) in [6.45, 7) is 0. The van der Waals surface area contributed by atoms with Gasteiger partial charge in [-0.3, -0.25) is 4.79 Å². The molecule has 0 bridgehead atoms. The zero-order valence-electron chi connectivity index (χ0n) is 12.4. The van der Waals surface area contributed by atoms with Crippen LogP contribution in [-0.4, -0.2) is 27.5 Å². The van der Waals surface area contributed by atoms with Crippen molar-refractivity contribution in [2.75, 3.05) is 0 Å². The van der Waals surface area contributed by atoms with E-state index >= 15 is 0 Å². The zero-order valence-corrected chi connectivity index (χ0v) is 16.0. The molecule has 0 N–H and O–H groups in total. The Balaban J connectivity index is 0.00000208. The number of halogens is 1. The number of hydrogen-bond donors (Lipinski definition) is 0. The van der Waals surface area contributed by atoms with Crippen molar-refractivity contribution >= 4 is 38.7 Å². The van der Waals surface area contributed by atoms with Gasteiger partial charge in [0.1, 0.15) is 16.9 Å². The standard InChI is InChI=1S/C14H9FN2O4S2.Na/c15-10-3-1-8(2-4-10)14(18)11-6-13-12(16-22-17-13)5-9(11)7-23(19,20)21;/h1-6H,7H2,(H,19,20,21);/q;+1/p-1. The van der Waals surface area contributed by atoms with Gasteiger partial charge in [-0.2, -0.15) is 8.75 Å². The van der Waals surface area contributed by atoms with Crippen molar-refractivity contribution in [1.82, 2.24) is 8.75 Å². The molecule has 0 aliphatic rings. The summed E-state index contributed by atoms with van der Waals surface area (Å²) >= 11 is 0.909. The molecule has 0 atom stereocenters. The van der Waals surface area contributed by atoms with Crippen LogP contribution in [0.5, 0.6) is 0 Å². The first-order chi connectivity index (χ1) is 10.8. The number of aromatic nitrogens is 2. The van der Waals surface area contributed by atoms with Crippen LogP contribution in [0, 0.1) is 5.82 Å². The van der Waals surface area contributed by atoms with Gasteiger partial charge in [-0.05, 0) is 42.0 Å². The first kappa shape index (κ1) is 19.1. The second kappa shape index (κ2) is 7.34. The van der Waals surface area contributed by atoms with E-state index in [0.29, 0.717) is 11.0 Å². The molecule has 3 rings (SSSR count). The van der Waals surface area contributed by atoms with E-state index in [-0.39, 0.29) is 46.2 Å². The molecule has 0 saturated carbocycles. The van der Waals surface area contributed by atoms with E-state index in [0.717, 1.165) is 23.9 Å². The molecule has 24 heavy (non-hydrogen) atoms. The number of fused-ring (bicyclic) bond motifs is 1. The van der Waals surface area contributed by atoms with Crippen LogP contribution in [0.1, 0.15) is 21.5 Å². The van der Waals surface area contributed by atoms with Gasteiger partial charge in [-0.15, -0.1) is 0 Å². The Morgan fingerprint density at radius 3 is 2.29 bits per heavy atom. The maximum Gasteiger partial charge on any atom is 1.00 e. The molecule has 0 aliphatic carbocycles. The Labute approximate surface area is 163 Å². The summed E-state index contributed by atoms with van der Waals surface area (Å²) in [5.41, 5.74) is 1.10. The Morgan fingerprint density at radius 2 is 1.71 bits per heavy atom. The molecule has 0 spiro atoms. The third kappa shape index (κ3) is 4.24. The minimum absolute atomic E-state index is 0. The summed E-state index contributed by atoms with van der Waals surface area (Å²) in [5.74, 6) is -1.84. The van der Waals surface area contributed by atoms with Crippen LogP contribution in [0.15, 0.2) is 36.4 Å². The minimum atomic E-state index is -4.58. The smallest absolute Gasteiger partial charge is 0.748 e. The molecule has 2 aromatic carbocycles. The Bertz CT molecular complexity index is 1000. The second-order valence-electron chi connectivity index (χ2n) is 4.80. The summed E-state index contributed by atoms with van der Waals surface area (Å²) in [5, 5.41) is 0. The molecule has 6 nitrogen and oxygen atoms in total. The Morgan fingerprint density at radius 1 is 1.12 bits per heavy atom. The molecule has 1 aromatic heterocycles. The van der Waals surface area contributed by atoms with Gasteiger partial charge in [-0.25, -0.2) is 12.8 Å². The molecule has 10 heteroatoms. The third-order valence-corrected chi connectivity index (χ3v) is 4.38. The second-order valence-corrected chi connectivity index (χ2v) is 6.73. The van der Waals surface area contributed by atoms with Crippen LogP contribution in [0.25, 0.3) is 11.0 Å². The summed E-state index contributed by atoms with van der Waals surface area (Å²) < 4.78 is 54.2. The minimum Gasteiger partial charge on any atom is -0.748 e. The summed E-state index contributed by atoms with van der Waals surface area (Å²) in [6.07, 6.45) is 0. The molecule has 0 radical (unpaired) electrons. The fourth-order valence-corrected chi connectivity index (χ4v) is 3.28. The number of hydrogen-bond acceptors (Lipinski definition) is 7. The molecule has 1 heterocycles. The van der Waals surface area contributed by atoms with Crippen molar-refractivity contribution in [3.63, 3.8) is 0 Å². The number of nitrogens with zero attached hydrogens (tertiary/aromatic N) is 2. The van der Waals surface area contributed by atoms with Crippen molar-refractivity contribution in [3.8, 4) is 0 Å². The maximum atomic E-state index is 13.0. The van der Waals surface area contributed by atoms with Crippen molar-refractivity contribution in [2.24, 2.45) is 0 Å². The predicted octanol–water partition coefficient (Wildman–Crippen LogP) is -0.889. The van der Waals surface area contributed by atoms with Gasteiger partial charge >= 0.3 is 29.6 Å². The van der Waals surface area contributed by atoms with Gasteiger partial charge in [0.25, 0.3) is 0 Å². The average molecular weight is 374 g/mol. The Kier molecular flexibility index (Phi) is 5.84. The first-order valence-electron chi connectivity index (χ1n) is 6.32. The fourth-order valence-electron chi connectivity index (χ4n) is 2.15. The molecule has 0 amide bonds. The van der Waals surface area contributed by atoms with Gasteiger partial charge < -0.3 is 4.55 Å². The van der Waals surface area contributed by atoms with Crippen LogP contribution < -0.4 is 29.6 Å². The molecular formula is C14H8FN2NaO4S2. The van der Waals surface area contributed by atoms with E-state index in [1.165, 1.54) is 24.3 Å². The monoisotopic (exact) mass is 374 g/mol. The van der Waals surface area contributed by atoms with Gasteiger partial charge in [0.2, 0.25) is 0 Å². The summed E-state index contributed by atoms with van der Waals surface area (Å²) in [7, 11) is -4.58. The van der Waals surface area contributed by atoms with E-state index in [1.54, 1.807) is 0 Å². The summed E-state index contributed by atoms with van der Waals surface area (Å²) in [6, 6.07) is 7.59. The quantitative estimate of drug-likeness (QED) is 0.334. The fraction of sp³-hybridized carbons (Fsp3) is 0.0714. The van der Waals surface area contributed by atoms with Gasteiger partial charge in [-0.1, -0.05) is 0 Å². The van der Waals surface area contributed by atoms with E-state index in [4.69, 9.17) is 0 Å². The third-order valence-electron chi connectivity index (χ3n) is 3.16. The number of benzene rings is 2. The topological polar surface area (TPSA) is 100 Å². The van der Waals surface area contributed by atoms with Crippen molar-refractivity contribution in [1.29, 1.82) is 0 Å². The van der Waals surface area contributed by atoms with Crippen LogP contribution in [0.3, 0.4) is 0 Å². The molecule has 118 valence electrons. The first-order valence-corrected chi connectivity index (χ1v) is 8.63. The van der Waals surface area contributed by atoms with Crippen LogP contribution in [-0.2, 0) is 15.9 Å². The molecule has 0 saturated heterocycles. The largest absolute Gasteiger partial charge is 1.00 e. The maximum absolute atomic E-state index is 13.0. The van der Waals surface area contributed by atoms with Crippen LogP contribution >= 0.6 is 11.7 Å². The number of rotatable bonds is 4. The number of carbonyl (C=O) groups excluding carboxylic acids is 1. The number of carbonyl (C=O) groups is 1. The Hall–Kier alpha value is -1.23. The molecule has 0 aliphatic heterocycles. The van der Waals surface area contributed by atoms with E-state index in [1.807, 2.05) is 0 Å². The van der Waals surface area contributed by atoms with Crippen LogP contribution in [0.4, 0.5) is 4.39 Å². The average Bonchev–Trinajstić information content (AvgIpc) is 2.92. The summed E-state index contributed by atoms with van der Waals surface area (Å²) in [4.78, 5) is 12.6. The van der Waals surface area contributed by atoms with Crippen molar-refractivity contribution in [3.05, 3.63) is 58.9 Å². The molecule has 0 unspecified atom stereocenters. The predicted molar refractivity (Wildman–Crippen MR) is 80.6 cm³/mol. The van der Waals surface area contributed by atoms with Crippen molar-refractivity contribution in [2.45, 2.75) is 5.75 Å². The van der Waals surface area contributed by atoms with Crippen molar-refractivity contribution < 1.29 is 51.7 Å². The van der Waals surface area contributed by atoms with Gasteiger partial charge in [0.15, 0.2) is 5.78 Å². The normalized spacial score (nSPS) is 11.2. The number of ketones is 1. The van der Waals surface area contributed by atoms with E-state index in [2.05, 4.69) is 8.75 Å². The molecule has 0 fully saturated rings. The SMILES string of the molecule is O=C(c1ccc(F)cc1)c1cc2nsnc2cc1CS(=O)(=O)[O-].[Na+]. The van der Waals surface area contributed by atoms with E-state index < -0.39 is 27.5 Å². The zero-order chi connectivity index (χ0) is 16.6. The van der Waals surface area contributed by atoms with Gasteiger partial charge in [0.05, 0.1) is 27.6 Å². The molecule has 3 aromatic rings. The van der Waals surface area contributed by atoms with Crippen LogP contribution in [0.2, 0.25) is 0 Å².